The Bertz CT molecular complexity index is 852. The van der Waals surface area contributed by atoms with Gasteiger partial charge in [-0.2, -0.15) is 0 Å². The zero-order valence-corrected chi connectivity index (χ0v) is 19.2. The van der Waals surface area contributed by atoms with Crippen LogP contribution < -0.4 is 5.73 Å². The quantitative estimate of drug-likeness (QED) is 0.412. The van der Waals surface area contributed by atoms with Gasteiger partial charge in [0.15, 0.2) is 0 Å². The summed E-state index contributed by atoms with van der Waals surface area (Å²) in [5, 5.41) is 10.9. The number of hydrogen-bond acceptors (Lipinski definition) is 3. The Morgan fingerprint density at radius 1 is 1.23 bits per heavy atom. The third-order valence-corrected chi connectivity index (χ3v) is 7.49. The van der Waals surface area contributed by atoms with Crippen LogP contribution in [0.3, 0.4) is 0 Å². The summed E-state index contributed by atoms with van der Waals surface area (Å²) in [5.74, 6) is 1.12. The molecule has 1 amide bonds. The molecule has 4 nitrogen and oxygen atoms in total. The highest BCUT2D eigenvalue weighted by Gasteiger charge is 2.49. The molecule has 164 valence electrons. The Labute approximate surface area is 184 Å². The van der Waals surface area contributed by atoms with E-state index >= 15 is 0 Å². The third kappa shape index (κ3) is 6.43. The van der Waals surface area contributed by atoms with Crippen LogP contribution in [0, 0.1) is 17.3 Å². The molecular formula is C25H35NO3S. The average molecular weight is 430 g/mol. The summed E-state index contributed by atoms with van der Waals surface area (Å²) >= 11 is 1.54. The first-order chi connectivity index (χ1) is 14.3. The Kier molecular flexibility index (Phi) is 9.09. The molecule has 0 spiro atoms. The molecule has 0 saturated heterocycles. The number of thiophene rings is 1. The van der Waals surface area contributed by atoms with Gasteiger partial charge in [0.05, 0.1) is 5.56 Å². The molecule has 2 unspecified atom stereocenters. The molecule has 5 rings (SSSR count). The first-order valence-electron chi connectivity index (χ1n) is 10.9. The van der Waals surface area contributed by atoms with Crippen LogP contribution in [0.4, 0.5) is 0 Å². The first kappa shape index (κ1) is 24.1. The van der Waals surface area contributed by atoms with Crippen molar-refractivity contribution in [3.05, 3.63) is 47.4 Å². The van der Waals surface area contributed by atoms with Crippen LogP contribution in [-0.4, -0.2) is 17.0 Å². The van der Waals surface area contributed by atoms with Crippen molar-refractivity contribution in [2.75, 3.05) is 0 Å². The monoisotopic (exact) mass is 429 g/mol. The normalized spacial score (nSPS) is 21.0. The van der Waals surface area contributed by atoms with E-state index in [1.165, 1.54) is 19.3 Å². The smallest absolute Gasteiger partial charge is 0.303 e. The van der Waals surface area contributed by atoms with Crippen LogP contribution in [0.25, 0.3) is 10.1 Å². The van der Waals surface area contributed by atoms with Crippen LogP contribution in [-0.2, 0) is 4.79 Å². The highest BCUT2D eigenvalue weighted by atomic mass is 32.1. The second-order valence-corrected chi connectivity index (χ2v) is 9.66. The Hall–Kier alpha value is -2.14. The molecule has 1 aromatic heterocycles. The van der Waals surface area contributed by atoms with Crippen molar-refractivity contribution >= 4 is 33.3 Å². The molecule has 2 atom stereocenters. The molecular weight excluding hydrogens is 394 g/mol. The lowest BCUT2D eigenvalue weighted by Crippen LogP contribution is -2.47. The number of benzene rings is 1. The standard InChI is InChI=1S/C9H7NOS.C9H16.C7H12O2/c10-9(11)7-5-12-8-4-2-1-3-6(7)8;1-9(2)7-4-3-5-8(9)6-7;1-2-3-4-5-6-7(8)9/h1-5H,(H2,10,11);7-8H,3-6H2,1-2H3;2-3H,4-6H2,1H3,(H,8,9)/b;;3-2-. The highest BCUT2D eigenvalue weighted by Crippen LogP contribution is 2.58. The van der Waals surface area contributed by atoms with E-state index in [-0.39, 0.29) is 12.3 Å². The number of allylic oxidation sites excluding steroid dienone is 2. The van der Waals surface area contributed by atoms with Gasteiger partial charge in [0.25, 0.3) is 0 Å². The van der Waals surface area contributed by atoms with Crippen molar-refractivity contribution < 1.29 is 14.7 Å². The molecule has 1 heterocycles. The molecule has 3 aliphatic rings. The van der Waals surface area contributed by atoms with Gasteiger partial charge < -0.3 is 10.8 Å². The third-order valence-electron chi connectivity index (χ3n) is 6.52. The molecule has 5 heteroatoms. The number of amides is 1. The minimum atomic E-state index is -0.709. The summed E-state index contributed by atoms with van der Waals surface area (Å²) in [4.78, 5) is 20.8. The van der Waals surface area contributed by atoms with Gasteiger partial charge in [-0.3, -0.25) is 9.59 Å². The van der Waals surface area contributed by atoms with Crippen molar-refractivity contribution in [1.29, 1.82) is 0 Å². The summed E-state index contributed by atoms with van der Waals surface area (Å²) in [6, 6.07) is 7.74. The van der Waals surface area contributed by atoms with Crippen LogP contribution in [0.5, 0.6) is 0 Å². The minimum absolute atomic E-state index is 0.282. The maximum absolute atomic E-state index is 10.9. The topological polar surface area (TPSA) is 80.4 Å². The fourth-order valence-electron chi connectivity index (χ4n) is 4.42. The van der Waals surface area contributed by atoms with Gasteiger partial charge in [0.2, 0.25) is 5.91 Å². The van der Waals surface area contributed by atoms with Crippen molar-refractivity contribution in [2.24, 2.45) is 23.0 Å². The number of carboxylic acid groups (broad SMARTS) is 1. The number of unbranched alkanes of at least 4 members (excludes halogenated alkanes) is 1. The minimum Gasteiger partial charge on any atom is -0.481 e. The Morgan fingerprint density at radius 3 is 2.40 bits per heavy atom. The van der Waals surface area contributed by atoms with Gasteiger partial charge in [-0.15, -0.1) is 11.3 Å². The molecule has 3 fully saturated rings. The lowest BCUT2D eigenvalue weighted by Gasteiger charge is -2.56. The fourth-order valence-corrected chi connectivity index (χ4v) is 5.37. The first-order valence-corrected chi connectivity index (χ1v) is 11.7. The van der Waals surface area contributed by atoms with Crippen molar-refractivity contribution in [3.8, 4) is 0 Å². The molecule has 0 aliphatic heterocycles. The van der Waals surface area contributed by atoms with Crippen molar-refractivity contribution in [2.45, 2.75) is 65.7 Å². The summed E-state index contributed by atoms with van der Waals surface area (Å²) in [6.07, 6.45) is 11.9. The molecule has 1 aromatic carbocycles. The van der Waals surface area contributed by atoms with Gasteiger partial charge in [-0.25, -0.2) is 0 Å². The van der Waals surface area contributed by atoms with E-state index in [1.54, 1.807) is 23.1 Å². The van der Waals surface area contributed by atoms with E-state index in [1.807, 2.05) is 43.3 Å². The summed E-state index contributed by atoms with van der Waals surface area (Å²) < 4.78 is 1.10. The molecule has 3 N–H and O–H groups in total. The number of primary amides is 1. The maximum Gasteiger partial charge on any atom is 0.303 e. The lowest BCUT2D eigenvalue weighted by atomic mass is 9.49. The molecule has 2 aromatic rings. The van der Waals surface area contributed by atoms with E-state index in [9.17, 15) is 9.59 Å². The number of rotatable bonds is 5. The number of carbonyl (C=O) groups excluding carboxylic acids is 1. The number of aliphatic carboxylic acids is 1. The maximum atomic E-state index is 10.9. The molecule has 0 radical (unpaired) electrons. The predicted molar refractivity (Wildman–Crippen MR) is 126 cm³/mol. The predicted octanol–water partition coefficient (Wildman–Crippen LogP) is 6.65. The fraction of sp³-hybridized carbons (Fsp3) is 0.520. The van der Waals surface area contributed by atoms with E-state index in [4.69, 9.17) is 10.8 Å². The van der Waals surface area contributed by atoms with Gasteiger partial charge in [-0.05, 0) is 62.3 Å². The number of carboxylic acids is 1. The second kappa shape index (κ2) is 11.3. The number of carbonyl (C=O) groups is 2. The summed E-state index contributed by atoms with van der Waals surface area (Å²) in [7, 11) is 0. The van der Waals surface area contributed by atoms with Gasteiger partial charge in [-0.1, -0.05) is 50.6 Å². The lowest BCUT2D eigenvalue weighted by molar-refractivity contribution is -0.137. The van der Waals surface area contributed by atoms with Gasteiger partial charge in [0, 0.05) is 21.9 Å². The van der Waals surface area contributed by atoms with Crippen molar-refractivity contribution in [1.82, 2.24) is 0 Å². The van der Waals surface area contributed by atoms with Crippen LogP contribution in [0.1, 0.15) is 76.1 Å². The largest absolute Gasteiger partial charge is 0.481 e. The average Bonchev–Trinajstić information content (AvgIpc) is 3.17. The van der Waals surface area contributed by atoms with Gasteiger partial charge in [0.1, 0.15) is 0 Å². The molecule has 2 bridgehead atoms. The Balaban J connectivity index is 0.000000163. The SMILES string of the molecule is C/C=C\CCCC(=O)O.CC1(C)C2CCCC1C2.NC(=O)c1csc2ccccc12. The number of hydrogen-bond donors (Lipinski definition) is 2. The van der Waals surface area contributed by atoms with Crippen LogP contribution in [0.15, 0.2) is 41.8 Å². The van der Waals surface area contributed by atoms with Crippen LogP contribution in [0.2, 0.25) is 0 Å². The van der Waals surface area contributed by atoms with Crippen molar-refractivity contribution in [3.63, 3.8) is 0 Å². The van der Waals surface area contributed by atoms with E-state index in [2.05, 4.69) is 13.8 Å². The zero-order valence-electron chi connectivity index (χ0n) is 18.4. The van der Waals surface area contributed by atoms with E-state index in [0.717, 1.165) is 40.2 Å². The van der Waals surface area contributed by atoms with E-state index in [0.29, 0.717) is 5.56 Å². The van der Waals surface area contributed by atoms with E-state index < -0.39 is 5.97 Å². The number of fused-ring (bicyclic) bond motifs is 3. The summed E-state index contributed by atoms with van der Waals surface area (Å²) in [5.41, 5.74) is 6.55. The Morgan fingerprint density at radius 2 is 1.90 bits per heavy atom. The highest BCUT2D eigenvalue weighted by molar-refractivity contribution is 7.17. The summed E-state index contributed by atoms with van der Waals surface area (Å²) in [6.45, 7) is 6.83. The molecule has 3 aliphatic carbocycles. The van der Waals surface area contributed by atoms with Crippen LogP contribution >= 0.6 is 11.3 Å². The second-order valence-electron chi connectivity index (χ2n) is 8.75. The van der Waals surface area contributed by atoms with Gasteiger partial charge >= 0.3 is 5.97 Å². The molecule has 30 heavy (non-hydrogen) atoms. The zero-order chi connectivity index (χ0) is 22.1. The number of nitrogens with two attached hydrogens (primary N) is 1. The molecule has 3 saturated carbocycles.